The maximum absolute atomic E-state index is 13.0. The van der Waals surface area contributed by atoms with E-state index in [4.69, 9.17) is 14.2 Å². The number of ether oxygens (including phenoxy) is 3. The SMILES string of the molecule is C/C=C1\C=CC(NC(=O)c2cc(Oc3cnc(N(CC4CC4)C(=O)COC(C)=O)cn3)cc(OC(C)C)c2)=NC1. The second kappa shape index (κ2) is 13.0. The molecule has 0 atom stereocenters. The van der Waals surface area contributed by atoms with Crippen LogP contribution in [0.25, 0.3) is 0 Å². The molecule has 11 heteroatoms. The van der Waals surface area contributed by atoms with Crippen LogP contribution in [0.4, 0.5) is 5.82 Å². The van der Waals surface area contributed by atoms with E-state index in [-0.39, 0.29) is 30.4 Å². The summed E-state index contributed by atoms with van der Waals surface area (Å²) in [5.74, 6) is 0.839. The zero-order chi connectivity index (χ0) is 28.6. The molecule has 0 spiro atoms. The first kappa shape index (κ1) is 28.5. The van der Waals surface area contributed by atoms with Crippen molar-refractivity contribution in [2.24, 2.45) is 10.9 Å². The van der Waals surface area contributed by atoms with Crippen molar-refractivity contribution in [1.82, 2.24) is 15.3 Å². The number of dihydropyridines is 1. The highest BCUT2D eigenvalue weighted by atomic mass is 16.5. The van der Waals surface area contributed by atoms with Crippen molar-refractivity contribution < 1.29 is 28.6 Å². The first-order valence-electron chi connectivity index (χ1n) is 13.1. The third kappa shape index (κ3) is 8.23. The number of anilines is 1. The van der Waals surface area contributed by atoms with Crippen LogP contribution in [-0.4, -0.2) is 59.4 Å². The van der Waals surface area contributed by atoms with Gasteiger partial charge < -0.3 is 19.5 Å². The van der Waals surface area contributed by atoms with E-state index in [0.717, 1.165) is 18.4 Å². The third-order valence-corrected chi connectivity index (χ3v) is 5.96. The van der Waals surface area contributed by atoms with Crippen molar-refractivity contribution in [2.45, 2.75) is 46.6 Å². The molecule has 0 radical (unpaired) electrons. The summed E-state index contributed by atoms with van der Waals surface area (Å²) in [7, 11) is 0. The van der Waals surface area contributed by atoms with Gasteiger partial charge in [0.1, 0.15) is 17.3 Å². The lowest BCUT2D eigenvalue weighted by molar-refractivity contribution is -0.145. The molecule has 40 heavy (non-hydrogen) atoms. The smallest absolute Gasteiger partial charge is 0.303 e. The lowest BCUT2D eigenvalue weighted by Gasteiger charge is -2.21. The fraction of sp³-hybridized carbons (Fsp3) is 0.379. The monoisotopic (exact) mass is 547 g/mol. The largest absolute Gasteiger partial charge is 0.491 e. The number of rotatable bonds is 10. The van der Waals surface area contributed by atoms with Crippen molar-refractivity contribution in [1.29, 1.82) is 0 Å². The van der Waals surface area contributed by atoms with Gasteiger partial charge >= 0.3 is 5.97 Å². The molecule has 4 rings (SSSR count). The number of aromatic nitrogens is 2. The lowest BCUT2D eigenvalue weighted by atomic mass is 10.1. The van der Waals surface area contributed by atoms with Gasteiger partial charge in [-0.15, -0.1) is 0 Å². The molecule has 1 aromatic heterocycles. The van der Waals surface area contributed by atoms with Crippen LogP contribution in [0.15, 0.2) is 59.4 Å². The molecule has 1 N–H and O–H groups in total. The molecule has 2 aromatic rings. The Hall–Kier alpha value is -4.54. The van der Waals surface area contributed by atoms with E-state index < -0.39 is 5.97 Å². The molecule has 0 bridgehead atoms. The quantitative estimate of drug-likeness (QED) is 0.442. The normalized spacial score (nSPS) is 15.4. The zero-order valence-corrected chi connectivity index (χ0v) is 23.0. The maximum Gasteiger partial charge on any atom is 0.303 e. The van der Waals surface area contributed by atoms with Gasteiger partial charge in [0.25, 0.3) is 11.8 Å². The molecule has 0 saturated heterocycles. The van der Waals surface area contributed by atoms with E-state index in [9.17, 15) is 14.4 Å². The van der Waals surface area contributed by atoms with E-state index in [2.05, 4.69) is 20.3 Å². The summed E-state index contributed by atoms with van der Waals surface area (Å²) in [5.41, 5.74) is 1.38. The van der Waals surface area contributed by atoms with Crippen molar-refractivity contribution >= 4 is 29.4 Å². The molecule has 210 valence electrons. The number of amides is 2. The predicted octanol–water partition coefficient (Wildman–Crippen LogP) is 4.01. The Labute approximate surface area is 233 Å². The summed E-state index contributed by atoms with van der Waals surface area (Å²) in [5, 5.41) is 2.81. The van der Waals surface area contributed by atoms with Gasteiger partial charge in [0.15, 0.2) is 12.4 Å². The number of hydrogen-bond donors (Lipinski definition) is 1. The standard InChI is InChI=1S/C29H33N5O6/c1-5-20-8-9-25(30-13-20)33-29(37)22-10-23(39-18(2)3)12-24(11-22)40-27-15-31-26(14-32-27)34(16-21-6-7-21)28(36)17-38-19(4)35/h5,8-12,14-15,18,21H,6-7,13,16-17H2,1-4H3,(H,30,33,37)/b20-5+. The van der Waals surface area contributed by atoms with Gasteiger partial charge in [-0.3, -0.25) is 24.3 Å². The molecule has 2 amide bonds. The van der Waals surface area contributed by atoms with Gasteiger partial charge in [0.05, 0.1) is 25.0 Å². The van der Waals surface area contributed by atoms with E-state index in [1.54, 1.807) is 24.3 Å². The Kier molecular flexibility index (Phi) is 9.26. The summed E-state index contributed by atoms with van der Waals surface area (Å²) in [6.45, 7) is 7.56. The lowest BCUT2D eigenvalue weighted by Crippen LogP contribution is -2.36. The number of carbonyl (C=O) groups is 3. The minimum Gasteiger partial charge on any atom is -0.491 e. The fourth-order valence-electron chi connectivity index (χ4n) is 3.77. The Balaban J connectivity index is 1.50. The van der Waals surface area contributed by atoms with Gasteiger partial charge in [0.2, 0.25) is 5.88 Å². The Bertz CT molecular complexity index is 1350. The van der Waals surface area contributed by atoms with Crippen LogP contribution in [0, 0.1) is 5.92 Å². The number of nitrogens with one attached hydrogen (secondary N) is 1. The summed E-state index contributed by atoms with van der Waals surface area (Å²) in [6.07, 6.45) is 10.4. The molecule has 0 unspecified atom stereocenters. The van der Waals surface area contributed by atoms with Gasteiger partial charge in [-0.1, -0.05) is 12.2 Å². The predicted molar refractivity (Wildman–Crippen MR) is 149 cm³/mol. The first-order chi connectivity index (χ1) is 19.2. The van der Waals surface area contributed by atoms with Crippen LogP contribution in [-0.2, 0) is 14.3 Å². The van der Waals surface area contributed by atoms with Crippen LogP contribution >= 0.6 is 0 Å². The highest BCUT2D eigenvalue weighted by molar-refractivity contribution is 6.11. The van der Waals surface area contributed by atoms with Crippen molar-refractivity contribution in [2.75, 3.05) is 24.6 Å². The fourth-order valence-corrected chi connectivity index (χ4v) is 3.77. The molecule has 1 aromatic carbocycles. The Morgan fingerprint density at radius 1 is 1.10 bits per heavy atom. The molecule has 11 nitrogen and oxygen atoms in total. The number of allylic oxidation sites excluding steroid dienone is 1. The molecule has 1 fully saturated rings. The maximum atomic E-state index is 13.0. The highest BCUT2D eigenvalue weighted by Gasteiger charge is 2.29. The molecule has 2 heterocycles. The minimum absolute atomic E-state index is 0.128. The average molecular weight is 548 g/mol. The second-order valence-corrected chi connectivity index (χ2v) is 9.76. The van der Waals surface area contributed by atoms with Crippen molar-refractivity contribution in [3.05, 3.63) is 60.0 Å². The molecule has 1 aliphatic carbocycles. The summed E-state index contributed by atoms with van der Waals surface area (Å²) in [4.78, 5) is 51.4. The first-order valence-corrected chi connectivity index (χ1v) is 13.1. The molecular formula is C29H33N5O6. The third-order valence-electron chi connectivity index (χ3n) is 5.96. The number of aliphatic imine (C=N–C) groups is 1. The van der Waals surface area contributed by atoms with E-state index in [1.165, 1.54) is 24.2 Å². The summed E-state index contributed by atoms with van der Waals surface area (Å²) in [6, 6.07) is 4.86. The van der Waals surface area contributed by atoms with Gasteiger partial charge in [-0.2, -0.15) is 0 Å². The Morgan fingerprint density at radius 3 is 2.48 bits per heavy atom. The van der Waals surface area contributed by atoms with Crippen LogP contribution in [0.3, 0.4) is 0 Å². The topological polar surface area (TPSA) is 132 Å². The Morgan fingerprint density at radius 2 is 1.88 bits per heavy atom. The summed E-state index contributed by atoms with van der Waals surface area (Å²) >= 11 is 0. The molecule has 1 saturated carbocycles. The van der Waals surface area contributed by atoms with Crippen LogP contribution in [0.5, 0.6) is 17.4 Å². The number of esters is 1. The number of nitrogens with zero attached hydrogens (tertiary/aromatic N) is 4. The minimum atomic E-state index is -0.530. The molecular weight excluding hydrogens is 514 g/mol. The number of hydrogen-bond acceptors (Lipinski definition) is 9. The van der Waals surface area contributed by atoms with Crippen LogP contribution in [0.1, 0.15) is 50.9 Å². The van der Waals surface area contributed by atoms with Crippen LogP contribution in [0.2, 0.25) is 0 Å². The average Bonchev–Trinajstić information content (AvgIpc) is 3.75. The summed E-state index contributed by atoms with van der Waals surface area (Å²) < 4.78 is 16.6. The second-order valence-electron chi connectivity index (χ2n) is 9.76. The van der Waals surface area contributed by atoms with E-state index in [0.29, 0.717) is 47.7 Å². The van der Waals surface area contributed by atoms with Crippen LogP contribution < -0.4 is 19.7 Å². The number of carbonyl (C=O) groups excluding carboxylic acids is 3. The van der Waals surface area contributed by atoms with Crippen molar-refractivity contribution in [3.8, 4) is 17.4 Å². The van der Waals surface area contributed by atoms with Gasteiger partial charge in [-0.25, -0.2) is 9.97 Å². The zero-order valence-electron chi connectivity index (χ0n) is 23.0. The number of amidine groups is 1. The van der Waals surface area contributed by atoms with Crippen molar-refractivity contribution in [3.63, 3.8) is 0 Å². The molecule has 2 aliphatic rings. The van der Waals surface area contributed by atoms with E-state index in [1.807, 2.05) is 32.9 Å². The van der Waals surface area contributed by atoms with E-state index >= 15 is 0 Å². The van der Waals surface area contributed by atoms with Gasteiger partial charge in [0, 0.05) is 25.1 Å². The van der Waals surface area contributed by atoms with Gasteiger partial charge in [-0.05, 0) is 63.3 Å². The molecule has 1 aliphatic heterocycles. The highest BCUT2D eigenvalue weighted by Crippen LogP contribution is 2.32. The number of benzene rings is 1.